The lowest BCUT2D eigenvalue weighted by Gasteiger charge is -2.05. The Morgan fingerprint density at radius 2 is 1.94 bits per heavy atom. The van der Waals surface area contributed by atoms with Crippen molar-refractivity contribution in [3.8, 4) is 0 Å². The topological polar surface area (TPSA) is 12.9 Å². The van der Waals surface area contributed by atoms with Crippen molar-refractivity contribution in [3.63, 3.8) is 0 Å². The van der Waals surface area contributed by atoms with Crippen molar-refractivity contribution in [2.45, 2.75) is 13.1 Å². The predicted octanol–water partition coefficient (Wildman–Crippen LogP) is 4.66. The Kier molecular flexibility index (Phi) is 2.84. The molecule has 0 saturated heterocycles. The summed E-state index contributed by atoms with van der Waals surface area (Å²) in [4.78, 5) is 4.36. The van der Waals surface area contributed by atoms with Crippen molar-refractivity contribution in [1.82, 2.24) is 4.98 Å². The molecular formula is C15H12FNS. The van der Waals surface area contributed by atoms with Crippen LogP contribution in [0.15, 0.2) is 48.5 Å². The van der Waals surface area contributed by atoms with Gasteiger partial charge in [-0.2, -0.15) is 0 Å². The van der Waals surface area contributed by atoms with Gasteiger partial charge in [0.1, 0.15) is 5.01 Å². The first kappa shape index (κ1) is 11.4. The summed E-state index contributed by atoms with van der Waals surface area (Å²) in [6.45, 7) is 1.97. The van der Waals surface area contributed by atoms with E-state index < -0.39 is 6.17 Å². The zero-order valence-corrected chi connectivity index (χ0v) is 10.7. The molecule has 18 heavy (non-hydrogen) atoms. The molecule has 3 heteroatoms. The Bertz CT molecular complexity index is 657. The summed E-state index contributed by atoms with van der Waals surface area (Å²) in [6, 6.07) is 15.3. The van der Waals surface area contributed by atoms with Crippen molar-refractivity contribution in [2.24, 2.45) is 0 Å². The van der Waals surface area contributed by atoms with Gasteiger partial charge in [-0.1, -0.05) is 42.0 Å². The zero-order chi connectivity index (χ0) is 12.5. The molecule has 0 saturated carbocycles. The van der Waals surface area contributed by atoms with Crippen LogP contribution in [0, 0.1) is 6.92 Å². The summed E-state index contributed by atoms with van der Waals surface area (Å²) in [5.74, 6) is 0. The number of fused-ring (bicyclic) bond motifs is 1. The molecule has 2 aromatic carbocycles. The monoisotopic (exact) mass is 257 g/mol. The van der Waals surface area contributed by atoms with Crippen molar-refractivity contribution < 1.29 is 4.39 Å². The molecular weight excluding hydrogens is 245 g/mol. The Labute approximate surface area is 109 Å². The number of nitrogens with zero attached hydrogens (tertiary/aromatic N) is 1. The van der Waals surface area contributed by atoms with Crippen LogP contribution in [0.5, 0.6) is 0 Å². The molecule has 1 aromatic heterocycles. The van der Waals surface area contributed by atoms with E-state index in [2.05, 4.69) is 4.98 Å². The molecule has 1 unspecified atom stereocenters. The van der Waals surface area contributed by atoms with Crippen molar-refractivity contribution >= 4 is 21.6 Å². The third-order valence-corrected chi connectivity index (χ3v) is 3.93. The minimum Gasteiger partial charge on any atom is -0.238 e. The van der Waals surface area contributed by atoms with Gasteiger partial charge >= 0.3 is 0 Å². The summed E-state index contributed by atoms with van der Waals surface area (Å²) in [5.41, 5.74) is 2.61. The lowest BCUT2D eigenvalue weighted by Crippen LogP contribution is -1.93. The fourth-order valence-corrected chi connectivity index (χ4v) is 2.94. The second kappa shape index (κ2) is 4.50. The van der Waals surface area contributed by atoms with Gasteiger partial charge in [0.05, 0.1) is 10.2 Å². The van der Waals surface area contributed by atoms with E-state index >= 15 is 0 Å². The van der Waals surface area contributed by atoms with Crippen LogP contribution in [0.25, 0.3) is 10.2 Å². The van der Waals surface area contributed by atoms with Gasteiger partial charge in [0.25, 0.3) is 0 Å². The smallest absolute Gasteiger partial charge is 0.176 e. The number of rotatable bonds is 2. The molecule has 90 valence electrons. The van der Waals surface area contributed by atoms with E-state index in [0.717, 1.165) is 15.8 Å². The van der Waals surface area contributed by atoms with Gasteiger partial charge in [-0.05, 0) is 24.6 Å². The van der Waals surface area contributed by atoms with E-state index in [1.165, 1.54) is 11.3 Å². The highest BCUT2D eigenvalue weighted by Gasteiger charge is 2.17. The van der Waals surface area contributed by atoms with Gasteiger partial charge in [0.15, 0.2) is 6.17 Å². The molecule has 1 heterocycles. The third kappa shape index (κ3) is 2.02. The normalized spacial score (nSPS) is 12.8. The quantitative estimate of drug-likeness (QED) is 0.650. The summed E-state index contributed by atoms with van der Waals surface area (Å²) in [5, 5.41) is 0.529. The molecule has 0 radical (unpaired) electrons. The lowest BCUT2D eigenvalue weighted by atomic mass is 10.1. The first-order valence-electron chi connectivity index (χ1n) is 5.80. The molecule has 0 aliphatic heterocycles. The molecule has 0 fully saturated rings. The standard InChI is InChI=1S/C15H12FNS/c1-10-5-4-6-11(9-10)14(16)15-17-12-7-2-3-8-13(12)18-15/h2-9,14H,1H3. The molecule has 0 aliphatic carbocycles. The largest absolute Gasteiger partial charge is 0.238 e. The highest BCUT2D eigenvalue weighted by Crippen LogP contribution is 2.32. The van der Waals surface area contributed by atoms with E-state index in [1.54, 1.807) is 0 Å². The molecule has 0 N–H and O–H groups in total. The maximum Gasteiger partial charge on any atom is 0.176 e. The van der Waals surface area contributed by atoms with Gasteiger partial charge in [-0.3, -0.25) is 0 Å². The van der Waals surface area contributed by atoms with Gasteiger partial charge in [-0.15, -0.1) is 11.3 Å². The lowest BCUT2D eigenvalue weighted by molar-refractivity contribution is 0.401. The molecule has 1 nitrogen and oxygen atoms in total. The average Bonchev–Trinajstić information content (AvgIpc) is 2.81. The van der Waals surface area contributed by atoms with Crippen molar-refractivity contribution in [3.05, 3.63) is 64.7 Å². The Hall–Kier alpha value is -1.74. The third-order valence-electron chi connectivity index (χ3n) is 2.86. The molecule has 0 amide bonds. The number of halogens is 1. The number of benzene rings is 2. The van der Waals surface area contributed by atoms with Crippen molar-refractivity contribution in [1.29, 1.82) is 0 Å². The van der Waals surface area contributed by atoms with Gasteiger partial charge in [0, 0.05) is 0 Å². The van der Waals surface area contributed by atoms with Crippen LogP contribution < -0.4 is 0 Å². The highest BCUT2D eigenvalue weighted by atomic mass is 32.1. The minimum absolute atomic E-state index is 0.529. The maximum atomic E-state index is 14.4. The van der Waals surface area contributed by atoms with Crippen LogP contribution >= 0.6 is 11.3 Å². The predicted molar refractivity (Wildman–Crippen MR) is 73.8 cm³/mol. The summed E-state index contributed by atoms with van der Waals surface area (Å²) in [6.07, 6.45) is -1.14. The molecule has 3 aromatic rings. The Morgan fingerprint density at radius 1 is 1.11 bits per heavy atom. The molecule has 0 spiro atoms. The van der Waals surface area contributed by atoms with Crippen LogP contribution in [0.4, 0.5) is 4.39 Å². The average molecular weight is 257 g/mol. The SMILES string of the molecule is Cc1cccc(C(F)c2nc3ccccc3s2)c1. The van der Waals surface area contributed by atoms with E-state index in [9.17, 15) is 4.39 Å². The van der Waals surface area contributed by atoms with Gasteiger partial charge < -0.3 is 0 Å². The fraction of sp³-hybridized carbons (Fsp3) is 0.133. The number of alkyl halides is 1. The fourth-order valence-electron chi connectivity index (χ4n) is 1.97. The second-order valence-corrected chi connectivity index (χ2v) is 5.36. The van der Waals surface area contributed by atoms with Crippen LogP contribution in [0.3, 0.4) is 0 Å². The summed E-state index contributed by atoms with van der Waals surface area (Å²) in [7, 11) is 0. The minimum atomic E-state index is -1.14. The number of hydrogen-bond donors (Lipinski definition) is 0. The van der Waals surface area contributed by atoms with Crippen molar-refractivity contribution in [2.75, 3.05) is 0 Å². The van der Waals surface area contributed by atoms with Crippen LogP contribution in [-0.2, 0) is 0 Å². The summed E-state index contributed by atoms with van der Waals surface area (Å²) >= 11 is 1.42. The van der Waals surface area contributed by atoms with E-state index in [-0.39, 0.29) is 0 Å². The van der Waals surface area contributed by atoms with E-state index in [0.29, 0.717) is 10.6 Å². The highest BCUT2D eigenvalue weighted by molar-refractivity contribution is 7.18. The van der Waals surface area contributed by atoms with Crippen LogP contribution in [0.2, 0.25) is 0 Å². The Morgan fingerprint density at radius 3 is 2.72 bits per heavy atom. The number of aryl methyl sites for hydroxylation is 1. The molecule has 3 rings (SSSR count). The first-order chi connectivity index (χ1) is 8.74. The van der Waals surface area contributed by atoms with E-state index in [1.807, 2.05) is 55.5 Å². The van der Waals surface area contributed by atoms with Crippen LogP contribution in [-0.4, -0.2) is 4.98 Å². The first-order valence-corrected chi connectivity index (χ1v) is 6.62. The number of thiazole rings is 1. The zero-order valence-electron chi connectivity index (χ0n) is 9.93. The summed E-state index contributed by atoms with van der Waals surface area (Å²) < 4.78 is 15.5. The second-order valence-electron chi connectivity index (χ2n) is 4.30. The van der Waals surface area contributed by atoms with Gasteiger partial charge in [-0.25, -0.2) is 9.37 Å². The number of aromatic nitrogens is 1. The molecule has 0 aliphatic rings. The Balaban J connectivity index is 2.03. The number of hydrogen-bond acceptors (Lipinski definition) is 2. The molecule has 0 bridgehead atoms. The van der Waals surface area contributed by atoms with Gasteiger partial charge in [0.2, 0.25) is 0 Å². The maximum absolute atomic E-state index is 14.4. The van der Waals surface area contributed by atoms with E-state index in [4.69, 9.17) is 0 Å². The number of para-hydroxylation sites is 1. The molecule has 1 atom stereocenters. The van der Waals surface area contributed by atoms with Crippen LogP contribution in [0.1, 0.15) is 22.3 Å².